The van der Waals surface area contributed by atoms with Crippen molar-refractivity contribution in [1.82, 2.24) is 5.32 Å². The Kier molecular flexibility index (Phi) is 10.8. The van der Waals surface area contributed by atoms with E-state index in [-0.39, 0.29) is 48.9 Å². The number of carbonyl (C=O) groups is 3. The molecule has 0 aliphatic heterocycles. The van der Waals surface area contributed by atoms with Crippen molar-refractivity contribution < 1.29 is 23.9 Å². The van der Waals surface area contributed by atoms with Gasteiger partial charge in [-0.25, -0.2) is 0 Å². The number of hydrogen-bond acceptors (Lipinski definition) is 5. The Morgan fingerprint density at radius 2 is 1.35 bits per heavy atom. The van der Waals surface area contributed by atoms with Gasteiger partial charge in [0.25, 0.3) is 0 Å². The van der Waals surface area contributed by atoms with Crippen LogP contribution in [0.25, 0.3) is 11.1 Å². The topological polar surface area (TPSA) is 81.7 Å². The van der Waals surface area contributed by atoms with E-state index in [9.17, 15) is 14.4 Å². The molecule has 0 fully saturated rings. The molecule has 184 valence electrons. The highest BCUT2D eigenvalue weighted by molar-refractivity contribution is 5.81. The van der Waals surface area contributed by atoms with E-state index in [1.165, 1.54) is 0 Å². The molecule has 0 spiro atoms. The van der Waals surface area contributed by atoms with Gasteiger partial charge in [0.05, 0.1) is 24.5 Å². The lowest BCUT2D eigenvalue weighted by molar-refractivity contribution is -0.152. The van der Waals surface area contributed by atoms with Gasteiger partial charge in [0.15, 0.2) is 0 Å². The van der Waals surface area contributed by atoms with Crippen molar-refractivity contribution in [1.29, 1.82) is 0 Å². The van der Waals surface area contributed by atoms with Crippen LogP contribution in [0.4, 0.5) is 0 Å². The van der Waals surface area contributed by atoms with Crippen LogP contribution in [-0.2, 0) is 30.3 Å². The third kappa shape index (κ3) is 9.77. The Balaban J connectivity index is 2.06. The number of hydrogen-bond donors (Lipinski definition) is 1. The Morgan fingerprint density at radius 1 is 0.765 bits per heavy atom. The molecule has 0 unspecified atom stereocenters. The monoisotopic (exact) mass is 467 g/mol. The van der Waals surface area contributed by atoms with E-state index in [1.807, 2.05) is 51.1 Å². The maximum Gasteiger partial charge on any atom is 0.308 e. The quantitative estimate of drug-likeness (QED) is 0.440. The molecular formula is C28H37NO5. The van der Waals surface area contributed by atoms with Crippen molar-refractivity contribution in [3.63, 3.8) is 0 Å². The Hall–Kier alpha value is -3.15. The van der Waals surface area contributed by atoms with Gasteiger partial charge in [0.1, 0.15) is 0 Å². The molecule has 34 heavy (non-hydrogen) atoms. The van der Waals surface area contributed by atoms with Crippen molar-refractivity contribution in [3.8, 4) is 11.1 Å². The first-order valence-corrected chi connectivity index (χ1v) is 12.0. The Labute approximate surface area is 203 Å². The molecule has 6 nitrogen and oxygen atoms in total. The van der Waals surface area contributed by atoms with Crippen LogP contribution in [0.15, 0.2) is 54.6 Å². The maximum absolute atomic E-state index is 12.6. The maximum atomic E-state index is 12.6. The smallest absolute Gasteiger partial charge is 0.308 e. The van der Waals surface area contributed by atoms with Gasteiger partial charge < -0.3 is 14.8 Å². The normalized spacial score (nSPS) is 12.8. The predicted octanol–water partition coefficient (Wildman–Crippen LogP) is 5.09. The molecule has 2 atom stereocenters. The molecule has 0 saturated carbocycles. The fourth-order valence-electron chi connectivity index (χ4n) is 3.65. The number of rotatable bonds is 12. The zero-order chi connectivity index (χ0) is 25.1. The van der Waals surface area contributed by atoms with Gasteiger partial charge in [-0.2, -0.15) is 0 Å². The summed E-state index contributed by atoms with van der Waals surface area (Å²) in [5.41, 5.74) is 3.30. The first kappa shape index (κ1) is 27.1. The number of ether oxygens (including phenoxy) is 2. The molecule has 6 heteroatoms. The summed E-state index contributed by atoms with van der Waals surface area (Å²) in [6, 6.07) is 18.0. The average molecular weight is 468 g/mol. The number of esters is 2. The van der Waals surface area contributed by atoms with Crippen LogP contribution in [0.5, 0.6) is 0 Å². The van der Waals surface area contributed by atoms with E-state index in [0.717, 1.165) is 16.7 Å². The zero-order valence-corrected chi connectivity index (χ0v) is 20.9. The molecule has 1 amide bonds. The molecule has 0 bridgehead atoms. The average Bonchev–Trinajstić information content (AvgIpc) is 2.78. The third-order valence-electron chi connectivity index (χ3n) is 5.22. The first-order chi connectivity index (χ1) is 16.1. The van der Waals surface area contributed by atoms with Crippen molar-refractivity contribution >= 4 is 17.8 Å². The second-order valence-electron chi connectivity index (χ2n) is 9.19. The highest BCUT2D eigenvalue weighted by Crippen LogP contribution is 2.21. The molecule has 0 aliphatic rings. The van der Waals surface area contributed by atoms with Crippen LogP contribution < -0.4 is 5.32 Å². The van der Waals surface area contributed by atoms with Gasteiger partial charge in [-0.05, 0) is 57.2 Å². The lowest BCUT2D eigenvalue weighted by Gasteiger charge is -2.23. The second-order valence-corrected chi connectivity index (χ2v) is 9.19. The number of carbonyl (C=O) groups excluding carboxylic acids is 3. The largest absolute Gasteiger partial charge is 0.463 e. The highest BCUT2D eigenvalue weighted by Gasteiger charge is 2.23. The van der Waals surface area contributed by atoms with Gasteiger partial charge in [-0.3, -0.25) is 14.4 Å². The fraction of sp³-hybridized carbons (Fsp3) is 0.464. The summed E-state index contributed by atoms with van der Waals surface area (Å²) in [6.45, 7) is 8.98. The first-order valence-electron chi connectivity index (χ1n) is 12.0. The fourth-order valence-corrected chi connectivity index (χ4v) is 3.65. The van der Waals surface area contributed by atoms with Crippen LogP contribution in [0.3, 0.4) is 0 Å². The van der Waals surface area contributed by atoms with E-state index in [2.05, 4.69) is 29.6 Å². The van der Waals surface area contributed by atoms with Crippen LogP contribution in [0.2, 0.25) is 0 Å². The van der Waals surface area contributed by atoms with Crippen LogP contribution >= 0.6 is 0 Å². The van der Waals surface area contributed by atoms with Gasteiger partial charge in [-0.15, -0.1) is 0 Å². The number of benzene rings is 2. The summed E-state index contributed by atoms with van der Waals surface area (Å²) in [5.74, 6) is -1.29. The molecule has 0 heterocycles. The molecule has 2 aromatic rings. The van der Waals surface area contributed by atoms with Gasteiger partial charge in [0.2, 0.25) is 5.91 Å². The Morgan fingerprint density at radius 3 is 1.94 bits per heavy atom. The highest BCUT2D eigenvalue weighted by atomic mass is 16.5. The standard InChI is InChI=1S/C28H37NO5/c1-19(2)33-27(31)16-15-26(30)29-25(17-21(5)28(32)34-20(3)4)18-22-11-13-24(14-12-22)23-9-7-6-8-10-23/h6-14,19-21,25H,15-18H2,1-5H3,(H,29,30)/t21-,25-/m0/s1. The minimum atomic E-state index is -0.396. The van der Waals surface area contributed by atoms with E-state index in [0.29, 0.717) is 12.8 Å². The van der Waals surface area contributed by atoms with E-state index in [4.69, 9.17) is 9.47 Å². The molecule has 2 aromatic carbocycles. The lowest BCUT2D eigenvalue weighted by Crippen LogP contribution is -2.39. The van der Waals surface area contributed by atoms with Crippen molar-refractivity contribution in [2.24, 2.45) is 5.92 Å². The minimum Gasteiger partial charge on any atom is -0.463 e. The molecule has 0 radical (unpaired) electrons. The molecular weight excluding hydrogens is 430 g/mol. The van der Waals surface area contributed by atoms with E-state index < -0.39 is 5.97 Å². The minimum absolute atomic E-state index is 0.0213. The molecule has 0 aliphatic carbocycles. The van der Waals surface area contributed by atoms with Crippen LogP contribution in [0.1, 0.15) is 59.4 Å². The molecule has 2 rings (SSSR count). The van der Waals surface area contributed by atoms with Gasteiger partial charge >= 0.3 is 11.9 Å². The van der Waals surface area contributed by atoms with Crippen LogP contribution in [-0.4, -0.2) is 36.1 Å². The molecule has 1 N–H and O–H groups in total. The SMILES string of the molecule is CC(C)OC(=O)CCC(=O)N[C@H](Cc1ccc(-c2ccccc2)cc1)C[C@H](C)C(=O)OC(C)C. The van der Waals surface area contributed by atoms with Crippen molar-refractivity contribution in [2.75, 3.05) is 0 Å². The van der Waals surface area contributed by atoms with Crippen molar-refractivity contribution in [2.45, 2.75) is 78.6 Å². The molecule has 0 aromatic heterocycles. The summed E-state index contributed by atoms with van der Waals surface area (Å²) in [5, 5.41) is 3.01. The third-order valence-corrected chi connectivity index (χ3v) is 5.22. The van der Waals surface area contributed by atoms with Gasteiger partial charge in [0, 0.05) is 12.5 Å². The number of nitrogens with one attached hydrogen (secondary N) is 1. The summed E-state index contributed by atoms with van der Waals surface area (Å²) in [4.78, 5) is 36.7. The summed E-state index contributed by atoms with van der Waals surface area (Å²) < 4.78 is 10.4. The van der Waals surface area contributed by atoms with E-state index in [1.54, 1.807) is 13.8 Å². The summed E-state index contributed by atoms with van der Waals surface area (Å²) in [7, 11) is 0. The zero-order valence-electron chi connectivity index (χ0n) is 20.9. The van der Waals surface area contributed by atoms with Crippen molar-refractivity contribution in [3.05, 3.63) is 60.2 Å². The second kappa shape index (κ2) is 13.5. The summed E-state index contributed by atoms with van der Waals surface area (Å²) in [6.07, 6.45) is 0.660. The number of amides is 1. The van der Waals surface area contributed by atoms with Gasteiger partial charge in [-0.1, -0.05) is 61.5 Å². The summed E-state index contributed by atoms with van der Waals surface area (Å²) >= 11 is 0. The molecule has 0 saturated heterocycles. The Bertz CT molecular complexity index is 922. The lowest BCUT2D eigenvalue weighted by atomic mass is 9.94. The van der Waals surface area contributed by atoms with E-state index >= 15 is 0 Å². The predicted molar refractivity (Wildman–Crippen MR) is 133 cm³/mol. The van der Waals surface area contributed by atoms with Crippen LogP contribution in [0, 0.1) is 5.92 Å².